The minimum absolute atomic E-state index is 0.140. The van der Waals surface area contributed by atoms with E-state index in [0.717, 1.165) is 10.9 Å². The molecule has 0 aliphatic rings. The fraction of sp³-hybridized carbons (Fsp3) is 0.0588. The predicted molar refractivity (Wildman–Crippen MR) is 82.6 cm³/mol. The maximum atomic E-state index is 12.6. The number of benzene rings is 2. The zero-order valence-corrected chi connectivity index (χ0v) is 11.5. The van der Waals surface area contributed by atoms with Crippen LogP contribution < -0.4 is 10.5 Å². The number of ether oxygens (including phenoxy) is 1. The van der Waals surface area contributed by atoms with Gasteiger partial charge in [0.15, 0.2) is 5.78 Å². The summed E-state index contributed by atoms with van der Waals surface area (Å²) in [7, 11) is 1.56. The van der Waals surface area contributed by atoms with Crippen LogP contribution in [0.4, 0.5) is 5.69 Å². The van der Waals surface area contributed by atoms with Gasteiger partial charge in [0.25, 0.3) is 0 Å². The fourth-order valence-electron chi connectivity index (χ4n) is 2.22. The first-order chi connectivity index (χ1) is 10.2. The van der Waals surface area contributed by atoms with Crippen molar-refractivity contribution in [2.45, 2.75) is 0 Å². The number of carbonyl (C=O) groups is 1. The first-order valence-electron chi connectivity index (χ1n) is 6.52. The fourth-order valence-corrected chi connectivity index (χ4v) is 2.22. The molecule has 0 saturated heterocycles. The third kappa shape index (κ3) is 2.43. The molecule has 0 saturated carbocycles. The van der Waals surface area contributed by atoms with E-state index in [0.29, 0.717) is 22.6 Å². The molecule has 0 aliphatic carbocycles. The van der Waals surface area contributed by atoms with Crippen LogP contribution in [0, 0.1) is 0 Å². The zero-order chi connectivity index (χ0) is 14.8. The van der Waals surface area contributed by atoms with Gasteiger partial charge in [-0.25, -0.2) is 0 Å². The highest BCUT2D eigenvalue weighted by molar-refractivity contribution is 6.13. The van der Waals surface area contributed by atoms with Crippen molar-refractivity contribution in [3.8, 4) is 5.75 Å². The summed E-state index contributed by atoms with van der Waals surface area (Å²) in [6.45, 7) is 0. The number of nitrogens with zero attached hydrogens (tertiary/aromatic N) is 1. The second-order valence-corrected chi connectivity index (χ2v) is 4.69. The summed E-state index contributed by atoms with van der Waals surface area (Å²) in [5.74, 6) is 0.463. The van der Waals surface area contributed by atoms with Crippen LogP contribution in [0.15, 0.2) is 54.7 Å². The third-order valence-electron chi connectivity index (χ3n) is 3.37. The average molecular weight is 278 g/mol. The van der Waals surface area contributed by atoms with Crippen LogP contribution in [-0.2, 0) is 0 Å². The maximum Gasteiger partial charge on any atom is 0.195 e. The maximum absolute atomic E-state index is 12.6. The molecule has 0 amide bonds. The Labute approximate surface area is 122 Å². The van der Waals surface area contributed by atoms with E-state index >= 15 is 0 Å². The molecule has 3 rings (SSSR count). The van der Waals surface area contributed by atoms with Crippen molar-refractivity contribution in [2.24, 2.45) is 0 Å². The van der Waals surface area contributed by atoms with Gasteiger partial charge in [0.05, 0.1) is 12.6 Å². The number of methoxy groups -OCH3 is 1. The minimum atomic E-state index is -0.140. The van der Waals surface area contributed by atoms with Crippen molar-refractivity contribution in [3.63, 3.8) is 0 Å². The Morgan fingerprint density at radius 3 is 2.81 bits per heavy atom. The van der Waals surface area contributed by atoms with Crippen molar-refractivity contribution in [1.82, 2.24) is 4.98 Å². The van der Waals surface area contributed by atoms with Crippen molar-refractivity contribution >= 4 is 22.4 Å². The van der Waals surface area contributed by atoms with Gasteiger partial charge in [-0.1, -0.05) is 18.2 Å². The number of carbonyl (C=O) groups excluding carboxylic acids is 1. The van der Waals surface area contributed by atoms with Crippen LogP contribution in [0.5, 0.6) is 5.75 Å². The van der Waals surface area contributed by atoms with Gasteiger partial charge in [-0.15, -0.1) is 0 Å². The molecule has 1 heterocycles. The lowest BCUT2D eigenvalue weighted by molar-refractivity contribution is 0.103. The molecule has 2 aromatic carbocycles. The first kappa shape index (κ1) is 13.1. The smallest absolute Gasteiger partial charge is 0.195 e. The van der Waals surface area contributed by atoms with Crippen molar-refractivity contribution in [1.29, 1.82) is 0 Å². The van der Waals surface area contributed by atoms with Crippen LogP contribution in [0.3, 0.4) is 0 Å². The van der Waals surface area contributed by atoms with Crippen LogP contribution >= 0.6 is 0 Å². The largest absolute Gasteiger partial charge is 0.497 e. The second-order valence-electron chi connectivity index (χ2n) is 4.69. The topological polar surface area (TPSA) is 65.2 Å². The third-order valence-corrected chi connectivity index (χ3v) is 3.37. The molecule has 1 aromatic heterocycles. The summed E-state index contributed by atoms with van der Waals surface area (Å²) in [6.07, 6.45) is 1.70. The van der Waals surface area contributed by atoms with E-state index in [2.05, 4.69) is 4.98 Å². The molecule has 0 spiro atoms. The van der Waals surface area contributed by atoms with Crippen molar-refractivity contribution in [3.05, 3.63) is 65.9 Å². The van der Waals surface area contributed by atoms with E-state index < -0.39 is 0 Å². The molecule has 0 radical (unpaired) electrons. The van der Waals surface area contributed by atoms with E-state index in [9.17, 15) is 4.79 Å². The second kappa shape index (κ2) is 5.25. The number of aromatic nitrogens is 1. The molecule has 2 N–H and O–H groups in total. The molecule has 104 valence electrons. The Morgan fingerprint density at radius 1 is 1.14 bits per heavy atom. The monoisotopic (exact) mass is 278 g/mol. The molecular formula is C17H14N2O2. The number of ketones is 1. The van der Waals surface area contributed by atoms with Crippen LogP contribution in [0.25, 0.3) is 10.9 Å². The van der Waals surface area contributed by atoms with Gasteiger partial charge in [0.1, 0.15) is 5.75 Å². The molecule has 0 fully saturated rings. The van der Waals surface area contributed by atoms with Gasteiger partial charge in [-0.3, -0.25) is 9.78 Å². The summed E-state index contributed by atoms with van der Waals surface area (Å²) in [5.41, 5.74) is 8.11. The molecule has 21 heavy (non-hydrogen) atoms. The molecule has 3 aromatic rings. The predicted octanol–water partition coefficient (Wildman–Crippen LogP) is 3.06. The Hall–Kier alpha value is -2.88. The molecular weight excluding hydrogens is 264 g/mol. The molecule has 0 atom stereocenters. The van der Waals surface area contributed by atoms with E-state index in [1.165, 1.54) is 0 Å². The lowest BCUT2D eigenvalue weighted by atomic mass is 10.00. The molecule has 4 heteroatoms. The quantitative estimate of drug-likeness (QED) is 0.590. The summed E-state index contributed by atoms with van der Waals surface area (Å²) in [4.78, 5) is 16.9. The van der Waals surface area contributed by atoms with Gasteiger partial charge in [-0.05, 0) is 30.3 Å². The summed E-state index contributed by atoms with van der Waals surface area (Å²) in [6, 6.07) is 14.3. The van der Waals surface area contributed by atoms with Crippen LogP contribution in [0.1, 0.15) is 15.9 Å². The number of hydrogen-bond donors (Lipinski definition) is 1. The Kier molecular flexibility index (Phi) is 3.28. The van der Waals surface area contributed by atoms with Gasteiger partial charge >= 0.3 is 0 Å². The highest BCUT2D eigenvalue weighted by Gasteiger charge is 2.14. The Morgan fingerprint density at radius 2 is 2.00 bits per heavy atom. The normalized spacial score (nSPS) is 10.5. The van der Waals surface area contributed by atoms with Gasteiger partial charge in [0.2, 0.25) is 0 Å². The lowest BCUT2D eigenvalue weighted by Gasteiger charge is -2.08. The van der Waals surface area contributed by atoms with Gasteiger partial charge < -0.3 is 10.5 Å². The molecule has 4 nitrogen and oxygen atoms in total. The Balaban J connectivity index is 2.07. The van der Waals surface area contributed by atoms with Crippen LogP contribution in [-0.4, -0.2) is 17.9 Å². The van der Waals surface area contributed by atoms with Crippen LogP contribution in [0.2, 0.25) is 0 Å². The molecule has 0 bridgehead atoms. The van der Waals surface area contributed by atoms with E-state index in [-0.39, 0.29) is 5.78 Å². The number of anilines is 1. The standard InChI is InChI=1S/C17H14N2O2/c1-21-13-6-7-15(18)14(10-13)17(20)12-5-4-11-3-2-8-19-16(11)9-12/h2-10H,18H2,1H3. The van der Waals surface area contributed by atoms with Crippen molar-refractivity contribution in [2.75, 3.05) is 12.8 Å². The minimum Gasteiger partial charge on any atom is -0.497 e. The van der Waals surface area contributed by atoms with E-state index in [4.69, 9.17) is 10.5 Å². The highest BCUT2D eigenvalue weighted by Crippen LogP contribution is 2.23. The average Bonchev–Trinajstić information content (AvgIpc) is 2.54. The zero-order valence-electron chi connectivity index (χ0n) is 11.5. The summed E-state index contributed by atoms with van der Waals surface area (Å²) in [5, 5.41) is 0.993. The number of pyridine rings is 1. The SMILES string of the molecule is COc1ccc(N)c(C(=O)c2ccc3cccnc3c2)c1. The number of rotatable bonds is 3. The lowest BCUT2D eigenvalue weighted by Crippen LogP contribution is -2.06. The summed E-state index contributed by atoms with van der Waals surface area (Å²) < 4.78 is 5.15. The van der Waals surface area contributed by atoms with Gasteiger partial charge in [-0.2, -0.15) is 0 Å². The van der Waals surface area contributed by atoms with E-state index in [1.54, 1.807) is 43.6 Å². The summed E-state index contributed by atoms with van der Waals surface area (Å²) >= 11 is 0. The van der Waals surface area contributed by atoms with Gasteiger partial charge in [0, 0.05) is 28.4 Å². The first-order valence-corrected chi connectivity index (χ1v) is 6.52. The highest BCUT2D eigenvalue weighted by atomic mass is 16.5. The Bertz CT molecular complexity index is 828. The molecule has 0 unspecified atom stereocenters. The number of hydrogen-bond acceptors (Lipinski definition) is 4. The van der Waals surface area contributed by atoms with E-state index in [1.807, 2.05) is 18.2 Å². The number of nitrogen functional groups attached to an aromatic ring is 1. The number of fused-ring (bicyclic) bond motifs is 1. The number of nitrogens with two attached hydrogens (primary N) is 1. The molecule has 0 aliphatic heterocycles. The van der Waals surface area contributed by atoms with Crippen molar-refractivity contribution < 1.29 is 9.53 Å².